The fraction of sp³-hybridized carbons (Fsp3) is 0.417. The number of hydrogen-bond acceptors (Lipinski definition) is 4. The highest BCUT2D eigenvalue weighted by atomic mass is 16.5. The molecule has 2 aromatic rings. The van der Waals surface area contributed by atoms with E-state index in [1.807, 2.05) is 54.6 Å². The Hall–Kier alpha value is -2.86. The number of carbonyl (C=O) groups is 2. The first-order valence-electron chi connectivity index (χ1n) is 10.7. The second-order valence-electron chi connectivity index (χ2n) is 8.25. The molecule has 2 fully saturated rings. The summed E-state index contributed by atoms with van der Waals surface area (Å²) in [5, 5.41) is 0. The summed E-state index contributed by atoms with van der Waals surface area (Å²) in [5.41, 5.74) is 1.81. The van der Waals surface area contributed by atoms with Crippen molar-refractivity contribution in [3.8, 4) is 5.75 Å². The van der Waals surface area contributed by atoms with Crippen LogP contribution in [-0.2, 0) is 20.9 Å². The predicted octanol–water partition coefficient (Wildman–Crippen LogP) is 3.01. The number of ether oxygens (including phenoxy) is 2. The van der Waals surface area contributed by atoms with Crippen LogP contribution in [0.1, 0.15) is 24.8 Å². The molecule has 3 aliphatic rings. The number of likely N-dealkylation sites (tertiary alicyclic amines) is 1. The van der Waals surface area contributed by atoms with E-state index in [9.17, 15) is 9.59 Å². The minimum absolute atomic E-state index is 0.0301. The lowest BCUT2D eigenvalue weighted by molar-refractivity contribution is -0.143. The molecule has 6 heteroatoms. The van der Waals surface area contributed by atoms with Crippen molar-refractivity contribution >= 4 is 17.5 Å². The fourth-order valence-electron chi connectivity index (χ4n) is 4.73. The SMILES string of the molecule is O=C1[C@@H]2C[C@@H](CN2C(=O)C2CCOCC2)Oc2ccccc2N1Cc1ccccc1. The van der Waals surface area contributed by atoms with Gasteiger partial charge in [-0.2, -0.15) is 0 Å². The molecule has 6 nitrogen and oxygen atoms in total. The molecule has 3 heterocycles. The van der Waals surface area contributed by atoms with E-state index in [4.69, 9.17) is 9.47 Å². The summed E-state index contributed by atoms with van der Waals surface area (Å²) in [6.45, 7) is 2.11. The summed E-state index contributed by atoms with van der Waals surface area (Å²) in [4.78, 5) is 30.6. The summed E-state index contributed by atoms with van der Waals surface area (Å²) >= 11 is 0. The molecule has 2 amide bonds. The highest BCUT2D eigenvalue weighted by Gasteiger charge is 2.46. The van der Waals surface area contributed by atoms with Crippen LogP contribution >= 0.6 is 0 Å². The lowest BCUT2D eigenvalue weighted by atomic mass is 9.98. The Morgan fingerprint density at radius 3 is 2.53 bits per heavy atom. The number of hydrogen-bond donors (Lipinski definition) is 0. The summed E-state index contributed by atoms with van der Waals surface area (Å²) in [7, 11) is 0. The van der Waals surface area contributed by atoms with Crippen LogP contribution < -0.4 is 9.64 Å². The van der Waals surface area contributed by atoms with Crippen molar-refractivity contribution in [3.63, 3.8) is 0 Å². The number of para-hydroxylation sites is 2. The van der Waals surface area contributed by atoms with Crippen molar-refractivity contribution in [2.24, 2.45) is 5.92 Å². The van der Waals surface area contributed by atoms with Crippen LogP contribution in [0.3, 0.4) is 0 Å². The van der Waals surface area contributed by atoms with Crippen LogP contribution in [0.4, 0.5) is 5.69 Å². The highest BCUT2D eigenvalue weighted by Crippen LogP contribution is 2.37. The first kappa shape index (κ1) is 19.1. The summed E-state index contributed by atoms with van der Waals surface area (Å²) in [5.74, 6) is 0.662. The van der Waals surface area contributed by atoms with E-state index in [0.717, 1.165) is 24.1 Å². The smallest absolute Gasteiger partial charge is 0.250 e. The molecule has 0 spiro atoms. The van der Waals surface area contributed by atoms with Gasteiger partial charge in [0.2, 0.25) is 11.8 Å². The van der Waals surface area contributed by atoms with Crippen molar-refractivity contribution in [1.29, 1.82) is 0 Å². The molecule has 0 saturated carbocycles. The van der Waals surface area contributed by atoms with Crippen LogP contribution in [0.2, 0.25) is 0 Å². The molecule has 2 aromatic carbocycles. The van der Waals surface area contributed by atoms with E-state index in [2.05, 4.69) is 0 Å². The Labute approximate surface area is 176 Å². The normalized spacial score (nSPS) is 24.1. The first-order valence-corrected chi connectivity index (χ1v) is 10.7. The molecular weight excluding hydrogens is 380 g/mol. The average molecular weight is 406 g/mol. The molecule has 0 aliphatic carbocycles. The van der Waals surface area contributed by atoms with Gasteiger partial charge >= 0.3 is 0 Å². The van der Waals surface area contributed by atoms with Gasteiger partial charge in [-0.25, -0.2) is 0 Å². The summed E-state index contributed by atoms with van der Waals surface area (Å²) in [6, 6.07) is 17.1. The van der Waals surface area contributed by atoms with E-state index < -0.39 is 6.04 Å². The first-order chi connectivity index (χ1) is 14.7. The molecule has 2 atom stereocenters. The summed E-state index contributed by atoms with van der Waals surface area (Å²) < 4.78 is 11.7. The molecular formula is C24H26N2O4. The number of carbonyl (C=O) groups excluding carboxylic acids is 2. The molecule has 0 unspecified atom stereocenters. The van der Waals surface area contributed by atoms with Gasteiger partial charge in [0.25, 0.3) is 0 Å². The van der Waals surface area contributed by atoms with Gasteiger partial charge in [-0.1, -0.05) is 42.5 Å². The van der Waals surface area contributed by atoms with Gasteiger partial charge in [-0.15, -0.1) is 0 Å². The molecule has 3 aliphatic heterocycles. The fourth-order valence-corrected chi connectivity index (χ4v) is 4.73. The molecule has 2 saturated heterocycles. The van der Waals surface area contributed by atoms with Gasteiger partial charge in [-0.05, 0) is 30.5 Å². The number of rotatable bonds is 3. The molecule has 5 rings (SSSR count). The van der Waals surface area contributed by atoms with E-state index >= 15 is 0 Å². The maximum Gasteiger partial charge on any atom is 0.250 e. The van der Waals surface area contributed by atoms with Crippen LogP contribution in [0.25, 0.3) is 0 Å². The van der Waals surface area contributed by atoms with E-state index in [1.165, 1.54) is 0 Å². The van der Waals surface area contributed by atoms with Crippen molar-refractivity contribution in [1.82, 2.24) is 4.90 Å². The zero-order chi connectivity index (χ0) is 20.5. The molecule has 0 aromatic heterocycles. The third kappa shape index (κ3) is 3.56. The number of benzene rings is 2. The topological polar surface area (TPSA) is 59.1 Å². The minimum atomic E-state index is -0.484. The lowest BCUT2D eigenvalue weighted by Crippen LogP contribution is -2.49. The predicted molar refractivity (Wildman–Crippen MR) is 112 cm³/mol. The Balaban J connectivity index is 1.48. The number of nitrogens with zero attached hydrogens (tertiary/aromatic N) is 2. The summed E-state index contributed by atoms with van der Waals surface area (Å²) in [6.07, 6.45) is 1.81. The largest absolute Gasteiger partial charge is 0.486 e. The third-order valence-corrected chi connectivity index (χ3v) is 6.30. The van der Waals surface area contributed by atoms with Crippen LogP contribution in [0.5, 0.6) is 5.75 Å². The second-order valence-corrected chi connectivity index (χ2v) is 8.25. The standard InChI is InChI=1S/C24H26N2O4/c27-23(18-10-12-29-13-11-18)26-16-19-14-21(26)24(28)25(15-17-6-2-1-3-7-17)20-8-4-5-9-22(20)30-19/h1-9,18-19,21H,10-16H2/t19-,21-/m0/s1. The quantitative estimate of drug-likeness (QED) is 0.786. The van der Waals surface area contributed by atoms with Gasteiger partial charge in [0, 0.05) is 25.6 Å². The van der Waals surface area contributed by atoms with Crippen LogP contribution in [0, 0.1) is 5.92 Å². The second kappa shape index (κ2) is 8.11. The van der Waals surface area contributed by atoms with Crippen molar-refractivity contribution in [2.45, 2.75) is 38.0 Å². The monoisotopic (exact) mass is 406 g/mol. The maximum absolute atomic E-state index is 13.8. The molecule has 2 bridgehead atoms. The van der Waals surface area contributed by atoms with Gasteiger partial charge < -0.3 is 19.3 Å². The molecule has 30 heavy (non-hydrogen) atoms. The number of fused-ring (bicyclic) bond motifs is 3. The van der Waals surface area contributed by atoms with Gasteiger partial charge in [0.15, 0.2) is 0 Å². The van der Waals surface area contributed by atoms with Gasteiger partial charge in [0.1, 0.15) is 17.9 Å². The molecule has 156 valence electrons. The Kier molecular flexibility index (Phi) is 5.17. The third-order valence-electron chi connectivity index (χ3n) is 6.30. The van der Waals surface area contributed by atoms with Crippen molar-refractivity contribution in [2.75, 3.05) is 24.7 Å². The van der Waals surface area contributed by atoms with E-state index in [1.54, 1.807) is 9.80 Å². The number of amides is 2. The minimum Gasteiger partial charge on any atom is -0.486 e. The average Bonchev–Trinajstić information content (AvgIpc) is 3.22. The van der Waals surface area contributed by atoms with Crippen LogP contribution in [-0.4, -0.2) is 48.6 Å². The zero-order valence-corrected chi connectivity index (χ0v) is 16.9. The Morgan fingerprint density at radius 1 is 1.00 bits per heavy atom. The van der Waals surface area contributed by atoms with Crippen molar-refractivity contribution in [3.05, 3.63) is 60.2 Å². The van der Waals surface area contributed by atoms with E-state index in [0.29, 0.717) is 38.5 Å². The lowest BCUT2D eigenvalue weighted by Gasteiger charge is -2.33. The van der Waals surface area contributed by atoms with Gasteiger partial charge in [-0.3, -0.25) is 9.59 Å². The van der Waals surface area contributed by atoms with E-state index in [-0.39, 0.29) is 23.8 Å². The zero-order valence-electron chi connectivity index (χ0n) is 16.9. The Morgan fingerprint density at radius 2 is 1.73 bits per heavy atom. The maximum atomic E-state index is 13.8. The molecule has 0 N–H and O–H groups in total. The molecule has 0 radical (unpaired) electrons. The van der Waals surface area contributed by atoms with Gasteiger partial charge in [0.05, 0.1) is 18.8 Å². The van der Waals surface area contributed by atoms with Crippen LogP contribution in [0.15, 0.2) is 54.6 Å². The van der Waals surface area contributed by atoms with Crippen molar-refractivity contribution < 1.29 is 19.1 Å². The Bertz CT molecular complexity index is 926. The number of anilines is 1. The highest BCUT2D eigenvalue weighted by molar-refractivity contribution is 6.01.